The second-order valence-electron chi connectivity index (χ2n) is 12.0. The van der Waals surface area contributed by atoms with Crippen molar-refractivity contribution in [1.82, 2.24) is 14.1 Å². The fraction of sp³-hybridized carbons (Fsp3) is 0. The Morgan fingerprint density at radius 1 is 0.447 bits per heavy atom. The molecule has 0 atom stereocenters. The predicted octanol–water partition coefficient (Wildman–Crippen LogP) is 11.8. The van der Waals surface area contributed by atoms with E-state index in [1.165, 1.54) is 53.1 Å². The van der Waals surface area contributed by atoms with Gasteiger partial charge in [0.25, 0.3) is 0 Å². The summed E-state index contributed by atoms with van der Waals surface area (Å²) in [5, 5.41) is 5.12. The molecule has 0 aliphatic carbocycles. The van der Waals surface area contributed by atoms with Crippen LogP contribution >= 0.6 is 11.3 Å². The summed E-state index contributed by atoms with van der Waals surface area (Å²) in [6.07, 6.45) is 0. The molecule has 3 nitrogen and oxygen atoms in total. The number of rotatable bonds is 4. The van der Waals surface area contributed by atoms with Crippen LogP contribution in [0.5, 0.6) is 0 Å². The van der Waals surface area contributed by atoms with Gasteiger partial charge in [-0.15, -0.1) is 11.3 Å². The molecule has 0 saturated heterocycles. The van der Waals surface area contributed by atoms with Crippen LogP contribution in [-0.2, 0) is 0 Å². The van der Waals surface area contributed by atoms with E-state index in [4.69, 9.17) is 4.98 Å². The van der Waals surface area contributed by atoms with Gasteiger partial charge in [0.15, 0.2) is 0 Å². The largest absolute Gasteiger partial charge is 0.309 e. The number of fused-ring (bicyclic) bond motifs is 7. The molecule has 10 rings (SSSR count). The fourth-order valence-electron chi connectivity index (χ4n) is 7.28. The maximum absolute atomic E-state index is 5.24. The highest BCUT2D eigenvalue weighted by molar-refractivity contribution is 7.26. The number of nitrogens with zero attached hydrogens (tertiary/aromatic N) is 3. The zero-order valence-corrected chi connectivity index (χ0v) is 26.2. The maximum atomic E-state index is 5.24. The van der Waals surface area contributed by atoms with Gasteiger partial charge in [-0.2, -0.15) is 0 Å². The third kappa shape index (κ3) is 3.95. The lowest BCUT2D eigenvalue weighted by Gasteiger charge is -2.15. The van der Waals surface area contributed by atoms with Crippen molar-refractivity contribution in [3.63, 3.8) is 0 Å². The van der Waals surface area contributed by atoms with Crippen molar-refractivity contribution in [1.29, 1.82) is 0 Å². The van der Waals surface area contributed by atoms with E-state index >= 15 is 0 Å². The van der Waals surface area contributed by atoms with Gasteiger partial charge in [-0.3, -0.25) is 4.57 Å². The van der Waals surface area contributed by atoms with Crippen molar-refractivity contribution >= 4 is 64.3 Å². The molecule has 0 spiro atoms. The number of hydrogen-bond donors (Lipinski definition) is 0. The van der Waals surface area contributed by atoms with Crippen molar-refractivity contribution in [2.24, 2.45) is 0 Å². The smallest absolute Gasteiger partial charge is 0.147 e. The van der Waals surface area contributed by atoms with Gasteiger partial charge < -0.3 is 4.57 Å². The molecular weight excluding hydrogens is 591 g/mol. The van der Waals surface area contributed by atoms with Gasteiger partial charge in [-0.1, -0.05) is 103 Å². The molecule has 0 unspecified atom stereocenters. The molecule has 0 radical (unpaired) electrons. The highest BCUT2D eigenvalue weighted by atomic mass is 32.1. The van der Waals surface area contributed by atoms with Gasteiger partial charge in [-0.25, -0.2) is 4.98 Å². The topological polar surface area (TPSA) is 22.8 Å². The number of imidazole rings is 1. The van der Waals surface area contributed by atoms with Gasteiger partial charge in [0.05, 0.1) is 27.8 Å². The zero-order chi connectivity index (χ0) is 30.9. The van der Waals surface area contributed by atoms with Gasteiger partial charge in [-0.05, 0) is 71.8 Å². The summed E-state index contributed by atoms with van der Waals surface area (Å²) < 4.78 is 7.36. The third-order valence-electron chi connectivity index (χ3n) is 9.35. The lowest BCUT2D eigenvalue weighted by atomic mass is 10.0. The Balaban J connectivity index is 1.23. The Morgan fingerprint density at radius 2 is 1.13 bits per heavy atom. The van der Waals surface area contributed by atoms with E-state index in [9.17, 15) is 0 Å². The van der Waals surface area contributed by atoms with Crippen LogP contribution in [0.1, 0.15) is 0 Å². The Labute approximate surface area is 275 Å². The second kappa shape index (κ2) is 10.3. The van der Waals surface area contributed by atoms with Crippen molar-refractivity contribution in [2.45, 2.75) is 0 Å². The lowest BCUT2D eigenvalue weighted by Crippen LogP contribution is -2.02. The summed E-state index contributed by atoms with van der Waals surface area (Å²) in [7, 11) is 0. The average Bonchev–Trinajstić information content (AvgIpc) is 3.81. The average molecular weight is 618 g/mol. The monoisotopic (exact) mass is 617 g/mol. The van der Waals surface area contributed by atoms with E-state index < -0.39 is 0 Å². The van der Waals surface area contributed by atoms with Crippen LogP contribution in [0.3, 0.4) is 0 Å². The molecule has 0 N–H and O–H groups in total. The van der Waals surface area contributed by atoms with E-state index in [0.717, 1.165) is 33.8 Å². The van der Waals surface area contributed by atoms with Gasteiger partial charge in [0.1, 0.15) is 5.82 Å². The minimum atomic E-state index is 0.923. The molecule has 0 saturated carbocycles. The molecule has 0 aliphatic rings. The van der Waals surface area contributed by atoms with Crippen LogP contribution in [0.4, 0.5) is 0 Å². The first kappa shape index (κ1) is 26.3. The SMILES string of the molecule is c1ccc(-n2c(-c3ccccc3-n3c4ccccc4c4cc(-c5cccc6c5sc5ccccc56)ccc43)nc3ccccc32)cc1. The summed E-state index contributed by atoms with van der Waals surface area (Å²) >= 11 is 1.88. The first-order valence-corrected chi connectivity index (χ1v) is 16.7. The normalized spacial score (nSPS) is 11.8. The van der Waals surface area contributed by atoms with Crippen LogP contribution in [0.15, 0.2) is 164 Å². The molecule has 4 heteroatoms. The van der Waals surface area contributed by atoms with E-state index in [2.05, 4.69) is 173 Å². The Morgan fingerprint density at radius 3 is 2.04 bits per heavy atom. The number of thiophene rings is 1. The van der Waals surface area contributed by atoms with Gasteiger partial charge in [0, 0.05) is 42.2 Å². The van der Waals surface area contributed by atoms with E-state index in [1.54, 1.807) is 0 Å². The molecule has 220 valence electrons. The van der Waals surface area contributed by atoms with Crippen molar-refractivity contribution < 1.29 is 0 Å². The van der Waals surface area contributed by atoms with Gasteiger partial charge in [0.2, 0.25) is 0 Å². The number of benzene rings is 7. The molecule has 0 aliphatic heterocycles. The quantitative estimate of drug-likeness (QED) is 0.193. The minimum absolute atomic E-state index is 0.923. The summed E-state index contributed by atoms with van der Waals surface area (Å²) in [5.41, 5.74) is 10.2. The Hall–Kier alpha value is -5.97. The van der Waals surface area contributed by atoms with E-state index in [1.807, 2.05) is 11.3 Å². The molecule has 0 bridgehead atoms. The van der Waals surface area contributed by atoms with Crippen LogP contribution in [-0.4, -0.2) is 14.1 Å². The van der Waals surface area contributed by atoms with E-state index in [0.29, 0.717) is 0 Å². The standard InChI is InChI=1S/C43H27N3S/c1-2-13-29(14-3-1)45-40-23-10-7-20-36(40)44-43(45)34-17-5-9-22-38(34)46-37-21-8-4-15-31(37)35-27-28(25-26-39(35)46)30-18-12-19-33-32-16-6-11-24-41(32)47-42(30)33/h1-27H. The molecule has 47 heavy (non-hydrogen) atoms. The molecule has 0 fully saturated rings. The van der Waals surface area contributed by atoms with Crippen molar-refractivity contribution in [3.8, 4) is 33.9 Å². The fourth-order valence-corrected chi connectivity index (χ4v) is 8.52. The molecular formula is C43H27N3S. The number of para-hydroxylation sites is 5. The highest BCUT2D eigenvalue weighted by Gasteiger charge is 2.21. The first-order valence-electron chi connectivity index (χ1n) is 15.9. The Bertz CT molecular complexity index is 2800. The lowest BCUT2D eigenvalue weighted by molar-refractivity contribution is 1.09. The van der Waals surface area contributed by atoms with Crippen LogP contribution in [0, 0.1) is 0 Å². The van der Waals surface area contributed by atoms with Crippen LogP contribution in [0.2, 0.25) is 0 Å². The maximum Gasteiger partial charge on any atom is 0.147 e. The van der Waals surface area contributed by atoms with Gasteiger partial charge >= 0.3 is 0 Å². The summed E-state index contributed by atoms with van der Waals surface area (Å²) in [6, 6.07) is 58.8. The Kier molecular flexibility index (Phi) is 5.74. The number of aromatic nitrogens is 3. The molecule has 3 aromatic heterocycles. The predicted molar refractivity (Wildman–Crippen MR) is 199 cm³/mol. The molecule has 3 heterocycles. The summed E-state index contributed by atoms with van der Waals surface area (Å²) in [6.45, 7) is 0. The second-order valence-corrected chi connectivity index (χ2v) is 13.0. The van der Waals surface area contributed by atoms with Crippen LogP contribution < -0.4 is 0 Å². The molecule has 10 aromatic rings. The molecule has 0 amide bonds. The highest BCUT2D eigenvalue weighted by Crippen LogP contribution is 2.43. The zero-order valence-electron chi connectivity index (χ0n) is 25.3. The first-order chi connectivity index (χ1) is 23.3. The van der Waals surface area contributed by atoms with Crippen molar-refractivity contribution in [2.75, 3.05) is 0 Å². The number of hydrogen-bond acceptors (Lipinski definition) is 2. The molecule has 7 aromatic carbocycles. The van der Waals surface area contributed by atoms with Crippen molar-refractivity contribution in [3.05, 3.63) is 164 Å². The minimum Gasteiger partial charge on any atom is -0.309 e. The summed E-state index contributed by atoms with van der Waals surface area (Å²) in [5.74, 6) is 0.923. The van der Waals surface area contributed by atoms with Crippen LogP contribution in [0.25, 0.3) is 86.9 Å². The summed E-state index contributed by atoms with van der Waals surface area (Å²) in [4.78, 5) is 5.24. The third-order valence-corrected chi connectivity index (χ3v) is 10.6. The van der Waals surface area contributed by atoms with E-state index in [-0.39, 0.29) is 0 Å².